The first-order valence-electron chi connectivity index (χ1n) is 6.71. The molecule has 0 spiro atoms. The molecule has 0 saturated heterocycles. The summed E-state index contributed by atoms with van der Waals surface area (Å²) in [5, 5.41) is 13.3. The van der Waals surface area contributed by atoms with E-state index in [1.165, 1.54) is 0 Å². The van der Waals surface area contributed by atoms with Crippen molar-refractivity contribution < 1.29 is 14.6 Å². The Kier molecular flexibility index (Phi) is 4.62. The first-order chi connectivity index (χ1) is 9.40. The number of rotatable bonds is 5. The number of benzene rings is 1. The minimum Gasteiger partial charge on any atom is -0.503 e. The molecule has 20 heavy (non-hydrogen) atoms. The maximum Gasteiger partial charge on any atom is 0.172 e. The van der Waals surface area contributed by atoms with Gasteiger partial charge in [-0.1, -0.05) is 13.8 Å². The second-order valence-electron chi connectivity index (χ2n) is 5.84. The van der Waals surface area contributed by atoms with Gasteiger partial charge in [0.1, 0.15) is 0 Å². The van der Waals surface area contributed by atoms with E-state index in [4.69, 9.17) is 9.47 Å². The largest absolute Gasteiger partial charge is 0.503 e. The summed E-state index contributed by atoms with van der Waals surface area (Å²) >= 11 is 3.34. The normalized spacial score (nSPS) is 24.2. The lowest BCUT2D eigenvalue weighted by atomic mass is 9.64. The predicted octanol–water partition coefficient (Wildman–Crippen LogP) is 3.07. The van der Waals surface area contributed by atoms with Gasteiger partial charge in [-0.25, -0.2) is 0 Å². The van der Waals surface area contributed by atoms with Crippen LogP contribution >= 0.6 is 15.9 Å². The van der Waals surface area contributed by atoms with Crippen LogP contribution in [0.2, 0.25) is 0 Å². The van der Waals surface area contributed by atoms with E-state index in [0.717, 1.165) is 18.5 Å². The zero-order chi connectivity index (χ0) is 14.9. The molecule has 2 N–H and O–H groups in total. The third kappa shape index (κ3) is 2.80. The van der Waals surface area contributed by atoms with Crippen molar-refractivity contribution in [3.63, 3.8) is 0 Å². The van der Waals surface area contributed by atoms with Crippen LogP contribution in [0.5, 0.6) is 11.5 Å². The quantitative estimate of drug-likeness (QED) is 0.862. The molecule has 2 atom stereocenters. The Morgan fingerprint density at radius 3 is 2.65 bits per heavy atom. The molecule has 112 valence electrons. The summed E-state index contributed by atoms with van der Waals surface area (Å²) < 4.78 is 11.3. The maximum atomic E-state index is 9.80. The fraction of sp³-hybridized carbons (Fsp3) is 0.600. The molecular formula is C15H22BrNO3. The summed E-state index contributed by atoms with van der Waals surface area (Å²) in [6, 6.07) is 4.20. The zero-order valence-corrected chi connectivity index (χ0v) is 14.0. The molecule has 2 unspecified atom stereocenters. The molecule has 1 saturated carbocycles. The molecule has 1 aromatic carbocycles. The Balaban J connectivity index is 2.00. The van der Waals surface area contributed by atoms with Gasteiger partial charge in [0.05, 0.1) is 17.7 Å². The summed E-state index contributed by atoms with van der Waals surface area (Å²) in [5.41, 5.74) is 1.22. The minimum atomic E-state index is 0.139. The maximum absolute atomic E-state index is 9.80. The van der Waals surface area contributed by atoms with Crippen molar-refractivity contribution in [3.8, 4) is 11.5 Å². The van der Waals surface area contributed by atoms with Crippen LogP contribution in [0, 0.1) is 5.41 Å². The van der Waals surface area contributed by atoms with Crippen molar-refractivity contribution in [1.29, 1.82) is 0 Å². The molecule has 0 amide bonds. The van der Waals surface area contributed by atoms with Crippen LogP contribution in [0.15, 0.2) is 16.6 Å². The van der Waals surface area contributed by atoms with E-state index >= 15 is 0 Å². The average Bonchev–Trinajstić information content (AvgIpc) is 2.41. The molecule has 0 bridgehead atoms. The van der Waals surface area contributed by atoms with Crippen molar-refractivity contribution in [2.75, 3.05) is 14.2 Å². The fourth-order valence-corrected chi connectivity index (χ4v) is 3.25. The van der Waals surface area contributed by atoms with Crippen molar-refractivity contribution in [3.05, 3.63) is 22.2 Å². The Labute approximate surface area is 128 Å². The molecule has 1 fully saturated rings. The van der Waals surface area contributed by atoms with Crippen molar-refractivity contribution >= 4 is 15.9 Å². The van der Waals surface area contributed by atoms with E-state index in [0.29, 0.717) is 22.4 Å². The average molecular weight is 344 g/mol. The lowest BCUT2D eigenvalue weighted by molar-refractivity contribution is -0.0979. The number of hydrogen-bond donors (Lipinski definition) is 2. The fourth-order valence-electron chi connectivity index (χ4n) is 2.76. The molecule has 0 aromatic heterocycles. The molecule has 5 heteroatoms. The van der Waals surface area contributed by atoms with E-state index in [-0.39, 0.29) is 11.2 Å². The van der Waals surface area contributed by atoms with E-state index in [2.05, 4.69) is 35.1 Å². The first-order valence-corrected chi connectivity index (χ1v) is 7.51. The lowest BCUT2D eigenvalue weighted by Gasteiger charge is -2.51. The summed E-state index contributed by atoms with van der Waals surface area (Å²) in [6.45, 7) is 5.17. The second-order valence-corrected chi connectivity index (χ2v) is 6.70. The molecule has 4 nitrogen and oxygen atoms in total. The van der Waals surface area contributed by atoms with Crippen LogP contribution in [0.25, 0.3) is 0 Å². The topological polar surface area (TPSA) is 50.7 Å². The van der Waals surface area contributed by atoms with Gasteiger partial charge in [0, 0.05) is 25.1 Å². The van der Waals surface area contributed by atoms with Gasteiger partial charge in [-0.15, -0.1) is 0 Å². The van der Waals surface area contributed by atoms with Gasteiger partial charge in [-0.3, -0.25) is 0 Å². The van der Waals surface area contributed by atoms with Crippen LogP contribution in [-0.4, -0.2) is 31.5 Å². The lowest BCUT2D eigenvalue weighted by Crippen LogP contribution is -2.60. The van der Waals surface area contributed by atoms with Gasteiger partial charge in [-0.2, -0.15) is 0 Å². The first kappa shape index (κ1) is 15.6. The summed E-state index contributed by atoms with van der Waals surface area (Å²) in [7, 11) is 3.32. The number of halogens is 1. The van der Waals surface area contributed by atoms with Crippen LogP contribution in [0.4, 0.5) is 0 Å². The standard InChI is InChI=1S/C15H22BrNO3/c1-15(2)12(7-13(15)20-4)17-8-9-5-10(16)14(18)11(6-9)19-3/h5-6,12-13,17-18H,7-8H2,1-4H3. The van der Waals surface area contributed by atoms with Gasteiger partial charge < -0.3 is 19.9 Å². The van der Waals surface area contributed by atoms with E-state index in [1.807, 2.05) is 12.1 Å². The van der Waals surface area contributed by atoms with Crippen molar-refractivity contribution in [2.24, 2.45) is 5.41 Å². The van der Waals surface area contributed by atoms with Crippen LogP contribution in [-0.2, 0) is 11.3 Å². The third-order valence-electron chi connectivity index (χ3n) is 4.32. The van der Waals surface area contributed by atoms with E-state index < -0.39 is 0 Å². The molecule has 0 aliphatic heterocycles. The van der Waals surface area contributed by atoms with Crippen molar-refractivity contribution in [1.82, 2.24) is 5.32 Å². The predicted molar refractivity (Wildman–Crippen MR) is 82.2 cm³/mol. The highest BCUT2D eigenvalue weighted by atomic mass is 79.9. The highest BCUT2D eigenvalue weighted by molar-refractivity contribution is 9.10. The highest BCUT2D eigenvalue weighted by Gasteiger charge is 2.48. The summed E-state index contributed by atoms with van der Waals surface area (Å²) in [6.07, 6.45) is 1.35. The Morgan fingerprint density at radius 1 is 1.40 bits per heavy atom. The van der Waals surface area contributed by atoms with Crippen LogP contribution in [0.1, 0.15) is 25.8 Å². The minimum absolute atomic E-state index is 0.139. The SMILES string of the molecule is COc1cc(CNC2CC(OC)C2(C)C)cc(Br)c1O. The Hall–Kier alpha value is -0.780. The van der Waals surface area contributed by atoms with Crippen LogP contribution in [0.3, 0.4) is 0 Å². The molecule has 0 radical (unpaired) electrons. The number of ether oxygens (including phenoxy) is 2. The van der Waals surface area contributed by atoms with Gasteiger partial charge in [0.2, 0.25) is 0 Å². The Morgan fingerprint density at radius 2 is 2.10 bits per heavy atom. The highest BCUT2D eigenvalue weighted by Crippen LogP contribution is 2.42. The molecular weight excluding hydrogens is 322 g/mol. The molecule has 2 rings (SSSR count). The zero-order valence-electron chi connectivity index (χ0n) is 12.4. The molecule has 1 aromatic rings. The number of nitrogens with one attached hydrogen (secondary N) is 1. The molecule has 1 aliphatic rings. The number of aromatic hydroxyl groups is 1. The van der Waals surface area contributed by atoms with E-state index in [1.54, 1.807) is 14.2 Å². The van der Waals surface area contributed by atoms with Crippen molar-refractivity contribution in [2.45, 2.75) is 39.0 Å². The number of phenolic OH excluding ortho intramolecular Hbond substituents is 1. The number of phenols is 1. The van der Waals surface area contributed by atoms with Crippen LogP contribution < -0.4 is 10.1 Å². The van der Waals surface area contributed by atoms with Gasteiger partial charge in [-0.05, 0) is 40.0 Å². The monoisotopic (exact) mass is 343 g/mol. The van der Waals surface area contributed by atoms with Gasteiger partial charge in [0.15, 0.2) is 11.5 Å². The van der Waals surface area contributed by atoms with Gasteiger partial charge >= 0.3 is 0 Å². The second kappa shape index (κ2) is 5.92. The van der Waals surface area contributed by atoms with E-state index in [9.17, 15) is 5.11 Å². The summed E-state index contributed by atoms with van der Waals surface area (Å²) in [5.74, 6) is 0.624. The Bertz CT molecular complexity index is 490. The summed E-state index contributed by atoms with van der Waals surface area (Å²) in [4.78, 5) is 0. The third-order valence-corrected chi connectivity index (χ3v) is 4.93. The number of hydrogen-bond acceptors (Lipinski definition) is 4. The van der Waals surface area contributed by atoms with Gasteiger partial charge in [0.25, 0.3) is 0 Å². The molecule has 1 aliphatic carbocycles. The smallest absolute Gasteiger partial charge is 0.172 e. The molecule has 0 heterocycles. The number of methoxy groups -OCH3 is 2.